The van der Waals surface area contributed by atoms with Crippen LogP contribution in [0.2, 0.25) is 0 Å². The number of nitrogens with zero attached hydrogens (tertiary/aromatic N) is 2. The summed E-state index contributed by atoms with van der Waals surface area (Å²) in [7, 11) is -2.01. The van der Waals surface area contributed by atoms with Crippen LogP contribution in [0.3, 0.4) is 0 Å². The van der Waals surface area contributed by atoms with Gasteiger partial charge in [-0.25, -0.2) is 8.42 Å². The number of aromatic nitrogens is 1. The molecular formula is C15H18N2O2S. The van der Waals surface area contributed by atoms with Crippen LogP contribution in [-0.2, 0) is 10.0 Å². The minimum absolute atomic E-state index is 0.377. The molecule has 0 fully saturated rings. The quantitative estimate of drug-likeness (QED) is 0.873. The van der Waals surface area contributed by atoms with Crippen molar-refractivity contribution >= 4 is 15.7 Å². The molecule has 0 saturated heterocycles. The minimum atomic E-state index is -3.56. The Kier molecular flexibility index (Phi) is 3.81. The lowest BCUT2D eigenvalue weighted by Crippen LogP contribution is -2.28. The van der Waals surface area contributed by atoms with E-state index in [0.29, 0.717) is 10.6 Å². The third kappa shape index (κ3) is 2.54. The molecule has 1 aromatic carbocycles. The van der Waals surface area contributed by atoms with E-state index in [1.165, 1.54) is 4.31 Å². The van der Waals surface area contributed by atoms with E-state index in [9.17, 15) is 8.42 Å². The van der Waals surface area contributed by atoms with Gasteiger partial charge < -0.3 is 0 Å². The lowest BCUT2D eigenvalue weighted by Gasteiger charge is -2.22. The predicted octanol–water partition coefficient (Wildman–Crippen LogP) is 2.83. The molecule has 4 nitrogen and oxygen atoms in total. The fourth-order valence-corrected chi connectivity index (χ4v) is 4.01. The molecule has 0 atom stereocenters. The maximum absolute atomic E-state index is 12.8. The molecule has 0 aliphatic heterocycles. The second kappa shape index (κ2) is 5.25. The van der Waals surface area contributed by atoms with Gasteiger partial charge in [0, 0.05) is 19.4 Å². The fourth-order valence-electron chi connectivity index (χ4n) is 2.40. The molecule has 5 heteroatoms. The van der Waals surface area contributed by atoms with Crippen LogP contribution in [0.5, 0.6) is 0 Å². The minimum Gasteiger partial charge on any atom is -0.269 e. The molecule has 0 saturated carbocycles. The first kappa shape index (κ1) is 14.5. The highest BCUT2D eigenvalue weighted by Crippen LogP contribution is 2.27. The average molecular weight is 290 g/mol. The first-order chi connectivity index (χ1) is 9.34. The Hall–Kier alpha value is -1.88. The van der Waals surface area contributed by atoms with E-state index < -0.39 is 10.0 Å². The molecule has 0 amide bonds. The monoisotopic (exact) mass is 290 g/mol. The van der Waals surface area contributed by atoms with Gasteiger partial charge in [-0.2, -0.15) is 0 Å². The zero-order valence-corrected chi connectivity index (χ0v) is 12.9. The van der Waals surface area contributed by atoms with Crippen LogP contribution in [0.25, 0.3) is 0 Å². The Labute approximate surface area is 120 Å². The Balaban J connectivity index is 2.57. The van der Waals surface area contributed by atoms with Crippen molar-refractivity contribution in [1.82, 2.24) is 4.98 Å². The fraction of sp³-hybridized carbons (Fsp3) is 0.267. The van der Waals surface area contributed by atoms with Crippen LogP contribution in [0.15, 0.2) is 41.6 Å². The lowest BCUT2D eigenvalue weighted by atomic mass is 10.1. The summed E-state index contributed by atoms with van der Waals surface area (Å²) in [6.45, 7) is 5.61. The van der Waals surface area contributed by atoms with Gasteiger partial charge in [-0.05, 0) is 44.0 Å². The van der Waals surface area contributed by atoms with Gasteiger partial charge in [0.2, 0.25) is 0 Å². The number of hydrogen-bond donors (Lipinski definition) is 0. The van der Waals surface area contributed by atoms with E-state index in [2.05, 4.69) is 4.98 Å². The van der Waals surface area contributed by atoms with Gasteiger partial charge in [0.15, 0.2) is 0 Å². The van der Waals surface area contributed by atoms with Gasteiger partial charge in [0.25, 0.3) is 10.0 Å². The molecule has 0 unspecified atom stereocenters. The summed E-state index contributed by atoms with van der Waals surface area (Å²) in [6.07, 6.45) is 3.16. The van der Waals surface area contributed by atoms with Crippen molar-refractivity contribution in [2.45, 2.75) is 25.7 Å². The number of anilines is 1. The number of benzene rings is 1. The Bertz CT molecular complexity index is 702. The summed E-state index contributed by atoms with van der Waals surface area (Å²) in [5, 5.41) is 0. The molecule has 0 radical (unpaired) electrons. The number of rotatable bonds is 3. The molecule has 20 heavy (non-hydrogen) atoms. The molecule has 106 valence electrons. The maximum Gasteiger partial charge on any atom is 0.264 e. The Morgan fingerprint density at radius 2 is 1.50 bits per heavy atom. The van der Waals surface area contributed by atoms with Crippen LogP contribution in [0, 0.1) is 20.8 Å². The highest BCUT2D eigenvalue weighted by atomic mass is 32.2. The number of aryl methyl sites for hydroxylation is 3. The van der Waals surface area contributed by atoms with Crippen molar-refractivity contribution in [1.29, 1.82) is 0 Å². The van der Waals surface area contributed by atoms with Crippen molar-refractivity contribution in [2.75, 3.05) is 11.4 Å². The lowest BCUT2D eigenvalue weighted by molar-refractivity contribution is 0.593. The van der Waals surface area contributed by atoms with Crippen LogP contribution in [0.4, 0.5) is 5.69 Å². The molecule has 1 aromatic heterocycles. The van der Waals surface area contributed by atoms with E-state index in [-0.39, 0.29) is 0 Å². The Morgan fingerprint density at radius 1 is 1.00 bits per heavy atom. The van der Waals surface area contributed by atoms with Crippen molar-refractivity contribution in [3.63, 3.8) is 0 Å². The smallest absolute Gasteiger partial charge is 0.264 e. The predicted molar refractivity (Wildman–Crippen MR) is 80.5 cm³/mol. The third-order valence-corrected chi connectivity index (χ3v) is 5.34. The van der Waals surface area contributed by atoms with Gasteiger partial charge in [0.1, 0.15) is 0 Å². The zero-order valence-electron chi connectivity index (χ0n) is 12.1. The zero-order chi connectivity index (χ0) is 14.9. The molecular weight excluding hydrogens is 272 g/mol. The number of pyridine rings is 1. The van der Waals surface area contributed by atoms with Crippen LogP contribution >= 0.6 is 0 Å². The first-order valence-electron chi connectivity index (χ1n) is 6.31. The highest BCUT2D eigenvalue weighted by molar-refractivity contribution is 7.92. The number of hydrogen-bond acceptors (Lipinski definition) is 3. The summed E-state index contributed by atoms with van der Waals surface area (Å²) >= 11 is 0. The molecule has 2 rings (SSSR count). The molecule has 2 aromatic rings. The van der Waals surface area contributed by atoms with Gasteiger partial charge in [-0.15, -0.1) is 0 Å². The summed E-state index contributed by atoms with van der Waals surface area (Å²) in [5.41, 5.74) is 3.19. The van der Waals surface area contributed by atoms with Crippen molar-refractivity contribution in [3.05, 3.63) is 53.3 Å². The standard InChI is InChI=1S/C15H18N2O2S/c1-11-9-12(2)15(13(3)10-11)20(18,19)17(4)14-5-7-16-8-6-14/h5-10H,1-4H3. The molecule has 0 spiro atoms. The summed E-state index contributed by atoms with van der Waals surface area (Å²) < 4.78 is 26.9. The summed E-state index contributed by atoms with van der Waals surface area (Å²) in [5.74, 6) is 0. The van der Waals surface area contributed by atoms with Crippen molar-refractivity contribution < 1.29 is 8.42 Å². The molecule has 1 heterocycles. The van der Waals surface area contributed by atoms with Crippen LogP contribution in [0.1, 0.15) is 16.7 Å². The van der Waals surface area contributed by atoms with E-state index in [0.717, 1.165) is 16.7 Å². The second-order valence-corrected chi connectivity index (χ2v) is 6.81. The summed E-state index contributed by atoms with van der Waals surface area (Å²) in [6, 6.07) is 7.13. The molecule has 0 aliphatic rings. The van der Waals surface area contributed by atoms with Gasteiger partial charge in [-0.3, -0.25) is 9.29 Å². The summed E-state index contributed by atoms with van der Waals surface area (Å²) in [4.78, 5) is 4.29. The maximum atomic E-state index is 12.8. The third-order valence-electron chi connectivity index (χ3n) is 3.25. The highest BCUT2D eigenvalue weighted by Gasteiger charge is 2.25. The van der Waals surface area contributed by atoms with E-state index in [4.69, 9.17) is 0 Å². The van der Waals surface area contributed by atoms with Crippen LogP contribution < -0.4 is 4.31 Å². The molecule has 0 bridgehead atoms. The van der Waals surface area contributed by atoms with Crippen molar-refractivity contribution in [3.8, 4) is 0 Å². The number of sulfonamides is 1. The van der Waals surface area contributed by atoms with Crippen molar-refractivity contribution in [2.24, 2.45) is 0 Å². The second-order valence-electron chi connectivity index (χ2n) is 4.91. The SMILES string of the molecule is Cc1cc(C)c(S(=O)(=O)N(C)c2ccncc2)c(C)c1. The van der Waals surface area contributed by atoms with Crippen LogP contribution in [-0.4, -0.2) is 20.4 Å². The Morgan fingerprint density at radius 3 is 2.00 bits per heavy atom. The normalized spacial score (nSPS) is 11.4. The first-order valence-corrected chi connectivity index (χ1v) is 7.75. The van der Waals surface area contributed by atoms with E-state index in [1.807, 2.05) is 32.9 Å². The van der Waals surface area contributed by atoms with Gasteiger partial charge in [-0.1, -0.05) is 17.7 Å². The van der Waals surface area contributed by atoms with Gasteiger partial charge >= 0.3 is 0 Å². The van der Waals surface area contributed by atoms with E-state index in [1.54, 1.807) is 31.6 Å². The average Bonchev–Trinajstić information content (AvgIpc) is 2.37. The molecule has 0 N–H and O–H groups in total. The molecule has 0 aliphatic carbocycles. The van der Waals surface area contributed by atoms with E-state index >= 15 is 0 Å². The van der Waals surface area contributed by atoms with Gasteiger partial charge in [0.05, 0.1) is 10.6 Å². The largest absolute Gasteiger partial charge is 0.269 e. The topological polar surface area (TPSA) is 50.3 Å².